The van der Waals surface area contributed by atoms with Gasteiger partial charge in [-0.2, -0.15) is 5.10 Å². The molecule has 0 saturated carbocycles. The third kappa shape index (κ3) is 4.53. The number of benzene rings is 1. The lowest BCUT2D eigenvalue weighted by atomic mass is 10.1. The number of carbonyl (C=O) groups is 2. The van der Waals surface area contributed by atoms with Crippen molar-refractivity contribution < 1.29 is 19.4 Å². The fourth-order valence-corrected chi connectivity index (χ4v) is 2.28. The third-order valence-corrected chi connectivity index (χ3v) is 3.62. The Labute approximate surface area is 134 Å². The van der Waals surface area contributed by atoms with Crippen molar-refractivity contribution in [2.75, 3.05) is 25.3 Å². The van der Waals surface area contributed by atoms with Crippen molar-refractivity contribution in [2.24, 2.45) is 5.10 Å². The number of carboxylic acids is 1. The molecule has 2 rings (SSSR count). The molecular weight excluding hydrogens is 298 g/mol. The first-order valence-electron chi connectivity index (χ1n) is 7.45. The number of hydrogen-bond acceptors (Lipinski definition) is 5. The van der Waals surface area contributed by atoms with Crippen LogP contribution < -0.4 is 10.3 Å². The quantitative estimate of drug-likeness (QED) is 0.794. The maximum Gasteiger partial charge on any atom is 0.326 e. The van der Waals surface area contributed by atoms with Crippen LogP contribution in [0.15, 0.2) is 29.4 Å². The van der Waals surface area contributed by atoms with Gasteiger partial charge in [-0.05, 0) is 31.2 Å². The Balaban J connectivity index is 2.00. The molecule has 0 aliphatic carbocycles. The molecule has 1 heterocycles. The van der Waals surface area contributed by atoms with Crippen LogP contribution in [0.5, 0.6) is 0 Å². The van der Waals surface area contributed by atoms with E-state index in [-0.39, 0.29) is 13.0 Å². The first kappa shape index (κ1) is 17.0. The van der Waals surface area contributed by atoms with Crippen molar-refractivity contribution in [3.05, 3.63) is 29.8 Å². The van der Waals surface area contributed by atoms with Crippen molar-refractivity contribution in [1.82, 2.24) is 5.32 Å². The Kier molecular flexibility index (Phi) is 5.70. The van der Waals surface area contributed by atoms with Gasteiger partial charge < -0.3 is 15.2 Å². The standard InChI is InChI=1S/C16H21N3O4/c1-11-7-9-19(18-11)13-5-3-12(4-6-13)15(20)17-14(16(21)22)8-10-23-2/h3-6,14H,7-10H2,1-2H3,(H,17,20)(H,21,22). The lowest BCUT2D eigenvalue weighted by Crippen LogP contribution is -2.41. The van der Waals surface area contributed by atoms with Crippen LogP contribution in [0.3, 0.4) is 0 Å². The van der Waals surface area contributed by atoms with E-state index in [4.69, 9.17) is 9.84 Å². The Morgan fingerprint density at radius 2 is 2.09 bits per heavy atom. The van der Waals surface area contributed by atoms with Gasteiger partial charge >= 0.3 is 5.97 Å². The van der Waals surface area contributed by atoms with Crippen LogP contribution in [0.25, 0.3) is 0 Å². The van der Waals surface area contributed by atoms with Crippen LogP contribution in [-0.2, 0) is 9.53 Å². The van der Waals surface area contributed by atoms with Gasteiger partial charge in [0.25, 0.3) is 5.91 Å². The smallest absolute Gasteiger partial charge is 0.326 e. The SMILES string of the molecule is COCCC(NC(=O)c1ccc(N2CCC(C)=N2)cc1)C(=O)O. The second-order valence-corrected chi connectivity index (χ2v) is 5.40. The van der Waals surface area contributed by atoms with Gasteiger partial charge in [-0.15, -0.1) is 0 Å². The molecule has 23 heavy (non-hydrogen) atoms. The topological polar surface area (TPSA) is 91.2 Å². The van der Waals surface area contributed by atoms with E-state index in [2.05, 4.69) is 10.4 Å². The molecule has 7 heteroatoms. The van der Waals surface area contributed by atoms with Crippen LogP contribution in [0.2, 0.25) is 0 Å². The highest BCUT2D eigenvalue weighted by Gasteiger charge is 2.20. The van der Waals surface area contributed by atoms with E-state index in [1.165, 1.54) is 7.11 Å². The summed E-state index contributed by atoms with van der Waals surface area (Å²) in [5.41, 5.74) is 2.40. The molecule has 1 aromatic rings. The molecule has 1 aliphatic heterocycles. The van der Waals surface area contributed by atoms with Gasteiger partial charge in [0.1, 0.15) is 6.04 Å². The summed E-state index contributed by atoms with van der Waals surface area (Å²) in [6, 6.07) is 5.99. The van der Waals surface area contributed by atoms with Crippen LogP contribution in [0.1, 0.15) is 30.1 Å². The van der Waals surface area contributed by atoms with Crippen molar-refractivity contribution in [3.63, 3.8) is 0 Å². The molecular formula is C16H21N3O4. The summed E-state index contributed by atoms with van der Waals surface area (Å²) in [5.74, 6) is -1.49. The number of methoxy groups -OCH3 is 1. The van der Waals surface area contributed by atoms with Gasteiger partial charge in [0.2, 0.25) is 0 Å². The zero-order valence-corrected chi connectivity index (χ0v) is 13.3. The number of nitrogens with one attached hydrogen (secondary N) is 1. The van der Waals surface area contributed by atoms with Gasteiger partial charge in [-0.3, -0.25) is 9.80 Å². The van der Waals surface area contributed by atoms with E-state index in [1.54, 1.807) is 12.1 Å². The first-order chi connectivity index (χ1) is 11.0. The third-order valence-electron chi connectivity index (χ3n) is 3.62. The van der Waals surface area contributed by atoms with Gasteiger partial charge in [0, 0.05) is 44.4 Å². The largest absolute Gasteiger partial charge is 0.480 e. The number of hydrazone groups is 1. The fraction of sp³-hybridized carbons (Fsp3) is 0.438. The summed E-state index contributed by atoms with van der Waals surface area (Å²) in [6.45, 7) is 3.08. The van der Waals surface area contributed by atoms with Crippen LogP contribution >= 0.6 is 0 Å². The summed E-state index contributed by atoms with van der Waals surface area (Å²) in [5, 5.41) is 17.9. The number of amides is 1. The minimum Gasteiger partial charge on any atom is -0.480 e. The number of anilines is 1. The molecule has 7 nitrogen and oxygen atoms in total. The zero-order chi connectivity index (χ0) is 16.8. The number of aliphatic carboxylic acids is 1. The average molecular weight is 319 g/mol. The summed E-state index contributed by atoms with van der Waals surface area (Å²) in [4.78, 5) is 23.3. The number of carboxylic acid groups (broad SMARTS) is 1. The van der Waals surface area contributed by atoms with E-state index in [9.17, 15) is 9.59 Å². The van der Waals surface area contributed by atoms with Crippen molar-refractivity contribution in [2.45, 2.75) is 25.8 Å². The van der Waals surface area contributed by atoms with Crippen LogP contribution in [0.4, 0.5) is 5.69 Å². The molecule has 0 bridgehead atoms. The molecule has 1 atom stereocenters. The van der Waals surface area contributed by atoms with E-state index in [0.717, 1.165) is 24.4 Å². The maximum absolute atomic E-state index is 12.2. The first-order valence-corrected chi connectivity index (χ1v) is 7.45. The fourth-order valence-electron chi connectivity index (χ4n) is 2.28. The van der Waals surface area contributed by atoms with Gasteiger partial charge in [-0.25, -0.2) is 4.79 Å². The normalized spacial score (nSPS) is 15.2. The summed E-state index contributed by atoms with van der Waals surface area (Å²) in [7, 11) is 1.49. The van der Waals surface area contributed by atoms with Gasteiger partial charge in [0.05, 0.1) is 5.69 Å². The van der Waals surface area contributed by atoms with Gasteiger partial charge in [-0.1, -0.05) is 0 Å². The monoisotopic (exact) mass is 319 g/mol. The minimum atomic E-state index is -1.08. The molecule has 2 N–H and O–H groups in total. The molecule has 1 amide bonds. The highest BCUT2D eigenvalue weighted by atomic mass is 16.5. The zero-order valence-electron chi connectivity index (χ0n) is 13.3. The second-order valence-electron chi connectivity index (χ2n) is 5.40. The number of rotatable bonds is 7. The van der Waals surface area contributed by atoms with E-state index in [1.807, 2.05) is 24.1 Å². The molecule has 1 unspecified atom stereocenters. The Morgan fingerprint density at radius 1 is 1.39 bits per heavy atom. The van der Waals surface area contributed by atoms with E-state index >= 15 is 0 Å². The maximum atomic E-state index is 12.2. The van der Waals surface area contributed by atoms with Crippen molar-refractivity contribution >= 4 is 23.3 Å². The highest BCUT2D eigenvalue weighted by Crippen LogP contribution is 2.19. The van der Waals surface area contributed by atoms with Crippen molar-refractivity contribution in [1.29, 1.82) is 0 Å². The summed E-state index contributed by atoms with van der Waals surface area (Å²) in [6.07, 6.45) is 1.15. The molecule has 0 fully saturated rings. The minimum absolute atomic E-state index is 0.220. The average Bonchev–Trinajstić information content (AvgIpc) is 2.97. The Hall–Kier alpha value is -2.41. The molecule has 0 aromatic heterocycles. The molecule has 1 aliphatic rings. The van der Waals surface area contributed by atoms with Crippen LogP contribution in [0, 0.1) is 0 Å². The lowest BCUT2D eigenvalue weighted by molar-refractivity contribution is -0.139. The lowest BCUT2D eigenvalue weighted by Gasteiger charge is -2.16. The molecule has 1 aromatic carbocycles. The van der Waals surface area contributed by atoms with Crippen molar-refractivity contribution in [3.8, 4) is 0 Å². The van der Waals surface area contributed by atoms with Crippen LogP contribution in [-0.4, -0.2) is 49.0 Å². The second kappa shape index (κ2) is 7.73. The number of hydrogen-bond donors (Lipinski definition) is 2. The molecule has 0 radical (unpaired) electrons. The summed E-state index contributed by atoms with van der Waals surface area (Å²) < 4.78 is 4.86. The predicted molar refractivity (Wildman–Crippen MR) is 86.9 cm³/mol. The van der Waals surface area contributed by atoms with Gasteiger partial charge in [0.15, 0.2) is 0 Å². The molecule has 0 spiro atoms. The number of ether oxygens (including phenoxy) is 1. The number of nitrogens with zero attached hydrogens (tertiary/aromatic N) is 2. The predicted octanol–water partition coefficient (Wildman–Crippen LogP) is 1.49. The van der Waals surface area contributed by atoms with E-state index in [0.29, 0.717) is 5.56 Å². The van der Waals surface area contributed by atoms with E-state index < -0.39 is 17.9 Å². The Morgan fingerprint density at radius 3 is 2.61 bits per heavy atom. The molecule has 124 valence electrons. The highest BCUT2D eigenvalue weighted by molar-refractivity contribution is 5.97. The Bertz CT molecular complexity index is 598. The summed E-state index contributed by atoms with van der Waals surface area (Å²) >= 11 is 0. The number of carbonyl (C=O) groups excluding carboxylic acids is 1. The molecule has 0 saturated heterocycles.